The Kier molecular flexibility index (Phi) is 5.46. The number of para-hydroxylation sites is 1. The van der Waals surface area contributed by atoms with Gasteiger partial charge in [0.05, 0.1) is 23.0 Å². The van der Waals surface area contributed by atoms with Crippen LogP contribution in [0.2, 0.25) is 0 Å². The maximum absolute atomic E-state index is 12.6. The number of hydrogen-bond acceptors (Lipinski definition) is 5. The summed E-state index contributed by atoms with van der Waals surface area (Å²) in [6.45, 7) is 6.39. The van der Waals surface area contributed by atoms with Crippen LogP contribution in [0.3, 0.4) is 0 Å². The second kappa shape index (κ2) is 6.89. The van der Waals surface area contributed by atoms with Gasteiger partial charge in [-0.2, -0.15) is 5.26 Å². The molecule has 0 heterocycles. The van der Waals surface area contributed by atoms with Crippen molar-refractivity contribution in [2.75, 3.05) is 13.1 Å². The number of phenolic OH excluding ortho intramolecular Hbond substituents is 1. The summed E-state index contributed by atoms with van der Waals surface area (Å²) in [5.74, 6) is -1.17. The molecule has 0 fully saturated rings. The minimum absolute atomic E-state index is 0.128. The average Bonchev–Trinajstić information content (AvgIpc) is 2.41. The van der Waals surface area contributed by atoms with Gasteiger partial charge in [-0.3, -0.25) is 14.9 Å². The minimum Gasteiger partial charge on any atom is -0.502 e. The summed E-state index contributed by atoms with van der Waals surface area (Å²) < 4.78 is 0. The standard InChI is InChI=1S/C15H19N3O4/c1-15(2,3)10-17(9-5-8-16)14(20)11-6-4-7-12(13(11)19)18(21)22/h4,6-7,19H,5,9-10H2,1-3H3. The van der Waals surface area contributed by atoms with Crippen LogP contribution >= 0.6 is 0 Å². The number of nitro groups is 1. The molecular weight excluding hydrogens is 286 g/mol. The number of phenols is 1. The number of nitriles is 1. The molecule has 1 N–H and O–H groups in total. The van der Waals surface area contributed by atoms with Crippen LogP contribution in [0.25, 0.3) is 0 Å². The summed E-state index contributed by atoms with van der Waals surface area (Å²) in [5, 5.41) is 29.5. The maximum Gasteiger partial charge on any atom is 0.311 e. The zero-order valence-corrected chi connectivity index (χ0v) is 12.9. The Morgan fingerprint density at radius 3 is 2.59 bits per heavy atom. The van der Waals surface area contributed by atoms with E-state index in [1.165, 1.54) is 17.0 Å². The van der Waals surface area contributed by atoms with Crippen molar-refractivity contribution in [1.82, 2.24) is 4.90 Å². The molecule has 0 saturated heterocycles. The first kappa shape index (κ1) is 17.4. The van der Waals surface area contributed by atoms with Crippen LogP contribution in [0.4, 0.5) is 5.69 Å². The van der Waals surface area contributed by atoms with Gasteiger partial charge < -0.3 is 10.0 Å². The molecule has 0 saturated carbocycles. The van der Waals surface area contributed by atoms with Crippen LogP contribution < -0.4 is 0 Å². The number of rotatable bonds is 5. The van der Waals surface area contributed by atoms with Crippen molar-refractivity contribution in [2.24, 2.45) is 5.41 Å². The number of nitrogens with zero attached hydrogens (tertiary/aromatic N) is 3. The van der Waals surface area contributed by atoms with Crippen molar-refractivity contribution in [3.8, 4) is 11.8 Å². The number of benzene rings is 1. The van der Waals surface area contributed by atoms with Gasteiger partial charge in [0.1, 0.15) is 0 Å². The molecule has 0 aromatic heterocycles. The van der Waals surface area contributed by atoms with Crippen molar-refractivity contribution < 1.29 is 14.8 Å². The molecule has 1 amide bonds. The molecule has 7 nitrogen and oxygen atoms in total. The SMILES string of the molecule is CC(C)(C)CN(CCC#N)C(=O)c1cccc([N+](=O)[O-])c1O. The predicted molar refractivity (Wildman–Crippen MR) is 80.3 cm³/mol. The molecule has 0 atom stereocenters. The summed E-state index contributed by atoms with van der Waals surface area (Å²) in [6, 6.07) is 5.80. The van der Waals surface area contributed by atoms with E-state index in [-0.39, 0.29) is 23.9 Å². The Morgan fingerprint density at radius 2 is 2.09 bits per heavy atom. The highest BCUT2D eigenvalue weighted by atomic mass is 16.6. The molecule has 0 radical (unpaired) electrons. The van der Waals surface area contributed by atoms with Gasteiger partial charge in [0.25, 0.3) is 5.91 Å². The highest BCUT2D eigenvalue weighted by Gasteiger charge is 2.27. The summed E-state index contributed by atoms with van der Waals surface area (Å²) in [6.07, 6.45) is 0.150. The van der Waals surface area contributed by atoms with Gasteiger partial charge in [-0.05, 0) is 11.5 Å². The third kappa shape index (κ3) is 4.45. The third-order valence-electron chi connectivity index (χ3n) is 2.89. The average molecular weight is 305 g/mol. The molecule has 22 heavy (non-hydrogen) atoms. The van der Waals surface area contributed by atoms with E-state index < -0.39 is 22.3 Å². The smallest absolute Gasteiger partial charge is 0.311 e. The van der Waals surface area contributed by atoms with E-state index in [9.17, 15) is 20.0 Å². The Morgan fingerprint density at radius 1 is 1.45 bits per heavy atom. The molecule has 0 spiro atoms. The van der Waals surface area contributed by atoms with Crippen molar-refractivity contribution in [1.29, 1.82) is 5.26 Å². The Hall–Kier alpha value is -2.62. The molecule has 1 aromatic carbocycles. The van der Waals surface area contributed by atoms with Crippen molar-refractivity contribution in [3.63, 3.8) is 0 Å². The summed E-state index contributed by atoms with van der Waals surface area (Å²) in [5.41, 5.74) is -0.847. The van der Waals surface area contributed by atoms with Crippen LogP contribution in [0.1, 0.15) is 37.6 Å². The van der Waals surface area contributed by atoms with Crippen LogP contribution in [-0.4, -0.2) is 33.9 Å². The number of aromatic hydroxyl groups is 1. The number of amides is 1. The largest absolute Gasteiger partial charge is 0.502 e. The highest BCUT2D eigenvalue weighted by molar-refractivity contribution is 5.98. The molecule has 1 aromatic rings. The van der Waals surface area contributed by atoms with Gasteiger partial charge in [-0.25, -0.2) is 0 Å². The van der Waals surface area contributed by atoms with Crippen molar-refractivity contribution >= 4 is 11.6 Å². The Labute approximate surface area is 128 Å². The van der Waals surface area contributed by atoms with Crippen molar-refractivity contribution in [3.05, 3.63) is 33.9 Å². The van der Waals surface area contributed by atoms with Crippen LogP contribution in [0, 0.1) is 26.9 Å². The second-order valence-corrected chi connectivity index (χ2v) is 6.13. The number of carbonyl (C=O) groups excluding carboxylic acids is 1. The van der Waals surface area contributed by atoms with E-state index in [0.29, 0.717) is 6.54 Å². The fourth-order valence-electron chi connectivity index (χ4n) is 2.03. The lowest BCUT2D eigenvalue weighted by atomic mass is 9.95. The molecule has 7 heteroatoms. The topological polar surface area (TPSA) is 107 Å². The number of carbonyl (C=O) groups is 1. The van der Waals surface area contributed by atoms with E-state index in [2.05, 4.69) is 0 Å². The molecule has 0 aliphatic heterocycles. The van der Waals surface area contributed by atoms with Crippen LogP contribution in [-0.2, 0) is 0 Å². The summed E-state index contributed by atoms with van der Waals surface area (Å²) in [4.78, 5) is 24.1. The van der Waals surface area contributed by atoms with E-state index in [4.69, 9.17) is 5.26 Å². The summed E-state index contributed by atoms with van der Waals surface area (Å²) >= 11 is 0. The molecule has 0 bridgehead atoms. The normalized spacial score (nSPS) is 10.8. The van der Waals surface area contributed by atoms with Crippen LogP contribution in [0.5, 0.6) is 5.75 Å². The van der Waals surface area contributed by atoms with E-state index >= 15 is 0 Å². The van der Waals surface area contributed by atoms with Crippen LogP contribution in [0.15, 0.2) is 18.2 Å². The van der Waals surface area contributed by atoms with E-state index in [0.717, 1.165) is 6.07 Å². The second-order valence-electron chi connectivity index (χ2n) is 6.13. The van der Waals surface area contributed by atoms with Gasteiger partial charge in [0.15, 0.2) is 0 Å². The first-order chi connectivity index (χ1) is 10.2. The third-order valence-corrected chi connectivity index (χ3v) is 2.89. The molecule has 0 aliphatic carbocycles. The van der Waals surface area contributed by atoms with Gasteiger partial charge in [0.2, 0.25) is 5.75 Å². The Bertz CT molecular complexity index is 614. The van der Waals surface area contributed by atoms with Crippen molar-refractivity contribution in [2.45, 2.75) is 27.2 Å². The quantitative estimate of drug-likeness (QED) is 0.664. The van der Waals surface area contributed by atoms with E-state index in [1.54, 1.807) is 0 Å². The van der Waals surface area contributed by atoms with Gasteiger partial charge >= 0.3 is 5.69 Å². The lowest BCUT2D eigenvalue weighted by Crippen LogP contribution is -2.38. The fraction of sp³-hybridized carbons (Fsp3) is 0.467. The minimum atomic E-state index is -0.741. The van der Waals surface area contributed by atoms with E-state index in [1.807, 2.05) is 26.8 Å². The molecular formula is C15H19N3O4. The molecule has 0 unspecified atom stereocenters. The van der Waals surface area contributed by atoms with Gasteiger partial charge in [-0.15, -0.1) is 0 Å². The Balaban J connectivity index is 3.16. The van der Waals surface area contributed by atoms with Gasteiger partial charge in [0, 0.05) is 19.2 Å². The zero-order valence-electron chi connectivity index (χ0n) is 12.9. The van der Waals surface area contributed by atoms with Gasteiger partial charge in [-0.1, -0.05) is 26.8 Å². The fourth-order valence-corrected chi connectivity index (χ4v) is 2.03. The molecule has 0 aliphatic rings. The first-order valence-electron chi connectivity index (χ1n) is 6.80. The predicted octanol–water partition coefficient (Wildman–Crippen LogP) is 2.70. The lowest BCUT2D eigenvalue weighted by molar-refractivity contribution is -0.385. The maximum atomic E-state index is 12.6. The lowest BCUT2D eigenvalue weighted by Gasteiger charge is -2.29. The summed E-state index contributed by atoms with van der Waals surface area (Å²) in [7, 11) is 0. The highest BCUT2D eigenvalue weighted by Crippen LogP contribution is 2.30. The monoisotopic (exact) mass is 305 g/mol. The first-order valence-corrected chi connectivity index (χ1v) is 6.80. The molecule has 1 rings (SSSR count). The number of hydrogen-bond donors (Lipinski definition) is 1. The zero-order chi connectivity index (χ0) is 16.9. The number of nitro benzene ring substituents is 1. The molecule has 118 valence electrons.